The number of esters is 1. The summed E-state index contributed by atoms with van der Waals surface area (Å²) in [5.74, 6) is -0.265. The SMILES string of the molecule is CCc1ccc(N[C@H]2OC(=O)c3ccccc32)cc1. The molecular weight excluding hydrogens is 238 g/mol. The molecule has 0 fully saturated rings. The van der Waals surface area contributed by atoms with Crippen LogP contribution in [-0.2, 0) is 11.2 Å². The summed E-state index contributed by atoms with van der Waals surface area (Å²) in [6, 6.07) is 15.6. The molecule has 2 aromatic carbocycles. The van der Waals surface area contributed by atoms with Crippen LogP contribution in [0.3, 0.4) is 0 Å². The highest BCUT2D eigenvalue weighted by molar-refractivity contribution is 5.94. The Morgan fingerprint density at radius 2 is 1.84 bits per heavy atom. The van der Waals surface area contributed by atoms with Crippen molar-refractivity contribution in [2.75, 3.05) is 5.32 Å². The summed E-state index contributed by atoms with van der Waals surface area (Å²) in [6.07, 6.45) is 0.623. The summed E-state index contributed by atoms with van der Waals surface area (Å²) < 4.78 is 5.34. The molecule has 0 aromatic heterocycles. The maximum atomic E-state index is 11.7. The number of nitrogens with one attached hydrogen (secondary N) is 1. The predicted molar refractivity (Wildman–Crippen MR) is 74.0 cm³/mol. The van der Waals surface area contributed by atoms with Gasteiger partial charge in [0.25, 0.3) is 0 Å². The summed E-state index contributed by atoms with van der Waals surface area (Å²) in [4.78, 5) is 11.7. The van der Waals surface area contributed by atoms with Crippen molar-refractivity contribution >= 4 is 11.7 Å². The van der Waals surface area contributed by atoms with Gasteiger partial charge in [0, 0.05) is 11.3 Å². The molecular formula is C16H15NO2. The van der Waals surface area contributed by atoms with Crippen molar-refractivity contribution in [2.45, 2.75) is 19.6 Å². The number of rotatable bonds is 3. The van der Waals surface area contributed by atoms with Crippen molar-refractivity contribution in [3.63, 3.8) is 0 Å². The first-order valence-corrected chi connectivity index (χ1v) is 6.43. The van der Waals surface area contributed by atoms with Crippen LogP contribution in [-0.4, -0.2) is 5.97 Å². The number of hydrogen-bond acceptors (Lipinski definition) is 3. The van der Waals surface area contributed by atoms with Crippen LogP contribution in [0, 0.1) is 0 Å². The fraction of sp³-hybridized carbons (Fsp3) is 0.188. The van der Waals surface area contributed by atoms with Crippen molar-refractivity contribution < 1.29 is 9.53 Å². The highest BCUT2D eigenvalue weighted by Crippen LogP contribution is 2.31. The molecule has 0 bridgehead atoms. The quantitative estimate of drug-likeness (QED) is 0.850. The number of benzene rings is 2. The third-order valence-electron chi connectivity index (χ3n) is 3.35. The van der Waals surface area contributed by atoms with E-state index in [1.165, 1.54) is 5.56 Å². The van der Waals surface area contributed by atoms with Crippen LogP contribution < -0.4 is 5.32 Å². The maximum absolute atomic E-state index is 11.7. The van der Waals surface area contributed by atoms with E-state index in [0.29, 0.717) is 5.56 Å². The molecule has 96 valence electrons. The van der Waals surface area contributed by atoms with Gasteiger partial charge in [0.2, 0.25) is 6.23 Å². The zero-order valence-corrected chi connectivity index (χ0v) is 10.7. The average molecular weight is 253 g/mol. The van der Waals surface area contributed by atoms with Gasteiger partial charge >= 0.3 is 5.97 Å². The van der Waals surface area contributed by atoms with E-state index in [0.717, 1.165) is 17.7 Å². The molecule has 0 saturated heterocycles. The fourth-order valence-corrected chi connectivity index (χ4v) is 2.24. The summed E-state index contributed by atoms with van der Waals surface area (Å²) in [7, 11) is 0. The third-order valence-corrected chi connectivity index (χ3v) is 3.35. The summed E-state index contributed by atoms with van der Waals surface area (Å²) in [5, 5.41) is 3.24. The molecule has 3 nitrogen and oxygen atoms in total. The van der Waals surface area contributed by atoms with Crippen LogP contribution in [0.5, 0.6) is 0 Å². The van der Waals surface area contributed by atoms with E-state index in [-0.39, 0.29) is 5.97 Å². The van der Waals surface area contributed by atoms with E-state index in [1.807, 2.05) is 30.3 Å². The number of cyclic esters (lactones) is 1. The minimum absolute atomic E-state index is 0.265. The first kappa shape index (κ1) is 11.8. The number of hydrogen-bond donors (Lipinski definition) is 1. The molecule has 19 heavy (non-hydrogen) atoms. The molecule has 3 heteroatoms. The van der Waals surface area contributed by atoms with Gasteiger partial charge < -0.3 is 10.1 Å². The third kappa shape index (κ3) is 2.19. The standard InChI is InChI=1S/C16H15NO2/c1-2-11-7-9-12(10-8-11)17-15-13-5-3-4-6-14(13)16(18)19-15/h3-10,15,17H,2H2,1H3/t15-/m0/s1. The molecule has 3 rings (SSSR count). The Bertz CT molecular complexity index is 604. The van der Waals surface area contributed by atoms with Crippen LogP contribution in [0.15, 0.2) is 48.5 Å². The zero-order valence-electron chi connectivity index (χ0n) is 10.7. The summed E-state index contributed by atoms with van der Waals surface area (Å²) in [6.45, 7) is 2.12. The van der Waals surface area contributed by atoms with E-state index in [1.54, 1.807) is 6.07 Å². The predicted octanol–water partition coefficient (Wildman–Crippen LogP) is 3.53. The van der Waals surface area contributed by atoms with Gasteiger partial charge in [0.1, 0.15) is 0 Å². The number of aryl methyl sites for hydroxylation is 1. The zero-order chi connectivity index (χ0) is 13.2. The Labute approximate surface area is 112 Å². The van der Waals surface area contributed by atoms with Gasteiger partial charge in [-0.15, -0.1) is 0 Å². The lowest BCUT2D eigenvalue weighted by Crippen LogP contribution is -2.10. The second-order valence-corrected chi connectivity index (χ2v) is 4.57. The Hall–Kier alpha value is -2.29. The van der Waals surface area contributed by atoms with Crippen LogP contribution in [0.25, 0.3) is 0 Å². The average Bonchev–Trinajstić information content (AvgIpc) is 2.77. The van der Waals surface area contributed by atoms with Gasteiger partial charge in [-0.2, -0.15) is 0 Å². The highest BCUT2D eigenvalue weighted by atomic mass is 16.6. The number of ether oxygens (including phenoxy) is 1. The molecule has 1 atom stereocenters. The van der Waals surface area contributed by atoms with E-state index >= 15 is 0 Å². The first-order valence-electron chi connectivity index (χ1n) is 6.43. The summed E-state index contributed by atoms with van der Waals surface area (Å²) in [5.41, 5.74) is 3.78. The van der Waals surface area contributed by atoms with Gasteiger partial charge in [-0.1, -0.05) is 37.3 Å². The molecule has 1 N–H and O–H groups in total. The molecule has 2 aromatic rings. The van der Waals surface area contributed by atoms with Crippen molar-refractivity contribution in [3.05, 3.63) is 65.2 Å². The molecule has 0 saturated carbocycles. The maximum Gasteiger partial charge on any atom is 0.340 e. The first-order chi connectivity index (χ1) is 9.28. The van der Waals surface area contributed by atoms with Gasteiger partial charge in [0.05, 0.1) is 5.56 Å². The Morgan fingerprint density at radius 3 is 2.58 bits per heavy atom. The Kier molecular flexibility index (Phi) is 2.95. The normalized spacial score (nSPS) is 16.9. The summed E-state index contributed by atoms with van der Waals surface area (Å²) >= 11 is 0. The van der Waals surface area contributed by atoms with E-state index in [4.69, 9.17) is 4.74 Å². The van der Waals surface area contributed by atoms with Crippen LogP contribution >= 0.6 is 0 Å². The fourth-order valence-electron chi connectivity index (χ4n) is 2.24. The monoisotopic (exact) mass is 253 g/mol. The lowest BCUT2D eigenvalue weighted by molar-refractivity contribution is 0.0437. The highest BCUT2D eigenvalue weighted by Gasteiger charge is 2.30. The minimum atomic E-state index is -0.392. The number of carbonyl (C=O) groups is 1. The minimum Gasteiger partial charge on any atom is -0.434 e. The second-order valence-electron chi connectivity index (χ2n) is 4.57. The van der Waals surface area contributed by atoms with Gasteiger partial charge in [0.15, 0.2) is 0 Å². The molecule has 0 radical (unpaired) electrons. The van der Waals surface area contributed by atoms with Crippen molar-refractivity contribution in [2.24, 2.45) is 0 Å². The number of carbonyl (C=O) groups excluding carboxylic acids is 1. The molecule has 0 aliphatic carbocycles. The van der Waals surface area contributed by atoms with Gasteiger partial charge in [-0.05, 0) is 30.2 Å². The van der Waals surface area contributed by atoms with Crippen molar-refractivity contribution in [1.82, 2.24) is 0 Å². The lowest BCUT2D eigenvalue weighted by atomic mass is 10.1. The molecule has 0 spiro atoms. The molecule has 0 unspecified atom stereocenters. The van der Waals surface area contributed by atoms with Crippen molar-refractivity contribution in [1.29, 1.82) is 0 Å². The number of anilines is 1. The Balaban J connectivity index is 1.83. The Morgan fingerprint density at radius 1 is 1.11 bits per heavy atom. The van der Waals surface area contributed by atoms with Crippen LogP contribution in [0.1, 0.15) is 34.6 Å². The van der Waals surface area contributed by atoms with E-state index in [2.05, 4.69) is 24.4 Å². The molecule has 1 heterocycles. The smallest absolute Gasteiger partial charge is 0.340 e. The van der Waals surface area contributed by atoms with Gasteiger partial charge in [-0.3, -0.25) is 0 Å². The van der Waals surface area contributed by atoms with E-state index in [9.17, 15) is 4.79 Å². The van der Waals surface area contributed by atoms with Crippen LogP contribution in [0.4, 0.5) is 5.69 Å². The van der Waals surface area contributed by atoms with E-state index < -0.39 is 6.23 Å². The largest absolute Gasteiger partial charge is 0.434 e. The number of fused-ring (bicyclic) bond motifs is 1. The molecule has 0 amide bonds. The van der Waals surface area contributed by atoms with Crippen molar-refractivity contribution in [3.8, 4) is 0 Å². The topological polar surface area (TPSA) is 38.3 Å². The molecule has 1 aliphatic rings. The van der Waals surface area contributed by atoms with Gasteiger partial charge in [-0.25, -0.2) is 4.79 Å². The van der Waals surface area contributed by atoms with Crippen LogP contribution in [0.2, 0.25) is 0 Å². The molecule has 1 aliphatic heterocycles. The lowest BCUT2D eigenvalue weighted by Gasteiger charge is -2.14. The second kappa shape index (κ2) is 4.76.